The van der Waals surface area contributed by atoms with Gasteiger partial charge in [-0.25, -0.2) is 4.39 Å². The van der Waals surface area contributed by atoms with E-state index < -0.39 is 0 Å². The zero-order valence-electron chi connectivity index (χ0n) is 8.65. The normalized spacial score (nSPS) is 14.8. The van der Waals surface area contributed by atoms with Crippen LogP contribution in [0.25, 0.3) is 11.4 Å². The van der Waals surface area contributed by atoms with Crippen molar-refractivity contribution in [2.24, 2.45) is 0 Å². The molecule has 16 heavy (non-hydrogen) atoms. The van der Waals surface area contributed by atoms with Gasteiger partial charge >= 0.3 is 0 Å². The lowest BCUT2D eigenvalue weighted by Crippen LogP contribution is -2.28. The highest BCUT2D eigenvalue weighted by Gasteiger charge is 2.21. The van der Waals surface area contributed by atoms with Gasteiger partial charge in [-0.1, -0.05) is 6.07 Å². The summed E-state index contributed by atoms with van der Waals surface area (Å²) in [6.45, 7) is 2.07. The molecule has 0 saturated heterocycles. The molecule has 3 rings (SSSR count). The second-order valence-electron chi connectivity index (χ2n) is 3.72. The van der Waals surface area contributed by atoms with Gasteiger partial charge in [0.2, 0.25) is 0 Å². The molecule has 1 aliphatic rings. The van der Waals surface area contributed by atoms with E-state index in [9.17, 15) is 4.39 Å². The third kappa shape index (κ3) is 1.40. The van der Waals surface area contributed by atoms with Gasteiger partial charge in [-0.2, -0.15) is 5.10 Å². The van der Waals surface area contributed by atoms with Gasteiger partial charge in [-0.05, 0) is 12.1 Å². The SMILES string of the molecule is Fc1c(-c2ccccn2)nn2c1CNCC2. The van der Waals surface area contributed by atoms with Crippen LogP contribution < -0.4 is 5.32 Å². The lowest BCUT2D eigenvalue weighted by molar-refractivity contribution is 0.459. The van der Waals surface area contributed by atoms with Gasteiger partial charge in [0.25, 0.3) is 0 Å². The van der Waals surface area contributed by atoms with Crippen LogP contribution in [0.15, 0.2) is 24.4 Å². The Bertz CT molecular complexity index is 506. The fraction of sp³-hybridized carbons (Fsp3) is 0.273. The van der Waals surface area contributed by atoms with Gasteiger partial charge in [-0.3, -0.25) is 9.67 Å². The smallest absolute Gasteiger partial charge is 0.175 e. The zero-order valence-corrected chi connectivity index (χ0v) is 8.65. The third-order valence-corrected chi connectivity index (χ3v) is 2.69. The van der Waals surface area contributed by atoms with Gasteiger partial charge in [0.1, 0.15) is 5.69 Å². The first-order valence-corrected chi connectivity index (χ1v) is 5.23. The second kappa shape index (κ2) is 3.68. The van der Waals surface area contributed by atoms with E-state index in [-0.39, 0.29) is 5.82 Å². The van der Waals surface area contributed by atoms with Crippen molar-refractivity contribution in [3.63, 3.8) is 0 Å². The molecule has 0 unspecified atom stereocenters. The Balaban J connectivity index is 2.12. The topological polar surface area (TPSA) is 42.7 Å². The Morgan fingerprint density at radius 2 is 2.31 bits per heavy atom. The van der Waals surface area contributed by atoms with Crippen LogP contribution >= 0.6 is 0 Å². The Morgan fingerprint density at radius 3 is 3.06 bits per heavy atom. The molecule has 0 aliphatic carbocycles. The van der Waals surface area contributed by atoms with Crippen molar-refractivity contribution in [3.8, 4) is 11.4 Å². The highest BCUT2D eigenvalue weighted by molar-refractivity contribution is 5.55. The largest absolute Gasteiger partial charge is 0.309 e. The maximum Gasteiger partial charge on any atom is 0.175 e. The number of rotatable bonds is 1. The highest BCUT2D eigenvalue weighted by Crippen LogP contribution is 2.22. The van der Waals surface area contributed by atoms with Crippen LogP contribution in [0.5, 0.6) is 0 Å². The van der Waals surface area contributed by atoms with Crippen molar-refractivity contribution in [2.45, 2.75) is 13.1 Å². The molecule has 0 atom stereocenters. The van der Waals surface area contributed by atoms with Crippen LogP contribution in [0.2, 0.25) is 0 Å². The van der Waals surface area contributed by atoms with Crippen molar-refractivity contribution < 1.29 is 4.39 Å². The molecule has 1 N–H and O–H groups in total. The maximum atomic E-state index is 14.0. The van der Waals surface area contributed by atoms with Crippen molar-refractivity contribution >= 4 is 0 Å². The fourth-order valence-electron chi connectivity index (χ4n) is 1.89. The molecule has 4 nitrogen and oxygen atoms in total. The number of hydrogen-bond donors (Lipinski definition) is 1. The van der Waals surface area contributed by atoms with Crippen LogP contribution in [0, 0.1) is 5.82 Å². The summed E-state index contributed by atoms with van der Waals surface area (Å²) in [6.07, 6.45) is 1.64. The first-order chi connectivity index (χ1) is 7.86. The Kier molecular flexibility index (Phi) is 2.18. The predicted octanol–water partition coefficient (Wildman–Crippen LogP) is 1.19. The average molecular weight is 218 g/mol. The van der Waals surface area contributed by atoms with Crippen LogP contribution in [-0.2, 0) is 13.1 Å². The molecule has 2 aromatic heterocycles. The molecule has 0 radical (unpaired) electrons. The maximum absolute atomic E-state index is 14.0. The van der Waals surface area contributed by atoms with Gasteiger partial charge in [0, 0.05) is 19.3 Å². The van der Waals surface area contributed by atoms with Crippen molar-refractivity contribution in [1.29, 1.82) is 0 Å². The monoisotopic (exact) mass is 218 g/mol. The number of halogens is 1. The fourth-order valence-corrected chi connectivity index (χ4v) is 1.89. The van der Waals surface area contributed by atoms with Crippen molar-refractivity contribution in [2.75, 3.05) is 6.54 Å². The molecule has 0 spiro atoms. The van der Waals surface area contributed by atoms with E-state index >= 15 is 0 Å². The molecular weight excluding hydrogens is 207 g/mol. The van der Waals surface area contributed by atoms with E-state index in [0.29, 0.717) is 30.2 Å². The minimum absolute atomic E-state index is 0.258. The minimum atomic E-state index is -0.258. The molecule has 82 valence electrons. The van der Waals surface area contributed by atoms with Crippen molar-refractivity contribution in [1.82, 2.24) is 20.1 Å². The summed E-state index contributed by atoms with van der Waals surface area (Å²) in [5.74, 6) is -0.258. The average Bonchev–Trinajstić information content (AvgIpc) is 2.69. The molecule has 2 aromatic rings. The molecular formula is C11H11FN4. The Labute approximate surface area is 92.1 Å². The number of nitrogens with zero attached hydrogens (tertiary/aromatic N) is 3. The number of fused-ring (bicyclic) bond motifs is 1. The zero-order chi connectivity index (χ0) is 11.0. The molecule has 5 heteroatoms. The first kappa shape index (κ1) is 9.47. The summed E-state index contributed by atoms with van der Waals surface area (Å²) in [5, 5.41) is 7.39. The lowest BCUT2D eigenvalue weighted by Gasteiger charge is -2.13. The molecule has 1 aliphatic heterocycles. The summed E-state index contributed by atoms with van der Waals surface area (Å²) in [5.41, 5.74) is 1.55. The van der Waals surface area contributed by atoms with Gasteiger partial charge in [0.05, 0.1) is 17.9 Å². The standard InChI is InChI=1S/C11H11FN4/c12-10-9-7-13-5-6-16(9)15-11(10)8-3-1-2-4-14-8/h1-4,13H,5-7H2. The summed E-state index contributed by atoms with van der Waals surface area (Å²) in [4.78, 5) is 4.12. The lowest BCUT2D eigenvalue weighted by atomic mass is 10.2. The summed E-state index contributed by atoms with van der Waals surface area (Å²) >= 11 is 0. The molecule has 0 amide bonds. The van der Waals surface area contributed by atoms with Gasteiger partial charge < -0.3 is 5.32 Å². The Hall–Kier alpha value is -1.75. The van der Waals surface area contributed by atoms with E-state index in [0.717, 1.165) is 6.54 Å². The summed E-state index contributed by atoms with van der Waals surface area (Å²) < 4.78 is 15.8. The highest BCUT2D eigenvalue weighted by atomic mass is 19.1. The van der Waals surface area contributed by atoms with E-state index in [1.165, 1.54) is 0 Å². The first-order valence-electron chi connectivity index (χ1n) is 5.23. The molecule has 3 heterocycles. The molecule has 0 bridgehead atoms. The second-order valence-corrected chi connectivity index (χ2v) is 3.72. The van der Waals surface area contributed by atoms with E-state index in [1.54, 1.807) is 23.0 Å². The van der Waals surface area contributed by atoms with Crippen LogP contribution in [0.4, 0.5) is 4.39 Å². The minimum Gasteiger partial charge on any atom is -0.309 e. The van der Waals surface area contributed by atoms with Gasteiger partial charge in [0.15, 0.2) is 5.82 Å². The summed E-state index contributed by atoms with van der Waals surface area (Å²) in [6, 6.07) is 5.40. The molecule has 0 saturated carbocycles. The quantitative estimate of drug-likeness (QED) is 0.781. The molecule has 0 aromatic carbocycles. The van der Waals surface area contributed by atoms with E-state index in [2.05, 4.69) is 15.4 Å². The predicted molar refractivity (Wildman–Crippen MR) is 57.1 cm³/mol. The number of aromatic nitrogens is 3. The third-order valence-electron chi connectivity index (χ3n) is 2.69. The number of nitrogens with one attached hydrogen (secondary N) is 1. The van der Waals surface area contributed by atoms with Crippen LogP contribution in [-0.4, -0.2) is 21.3 Å². The van der Waals surface area contributed by atoms with Crippen LogP contribution in [0.3, 0.4) is 0 Å². The van der Waals surface area contributed by atoms with Gasteiger partial charge in [-0.15, -0.1) is 0 Å². The number of pyridine rings is 1. The van der Waals surface area contributed by atoms with E-state index in [1.807, 2.05) is 6.07 Å². The summed E-state index contributed by atoms with van der Waals surface area (Å²) in [7, 11) is 0. The number of hydrogen-bond acceptors (Lipinski definition) is 3. The Morgan fingerprint density at radius 1 is 1.38 bits per heavy atom. The van der Waals surface area contributed by atoms with Crippen molar-refractivity contribution in [3.05, 3.63) is 35.9 Å². The van der Waals surface area contributed by atoms with Crippen LogP contribution in [0.1, 0.15) is 5.69 Å². The molecule has 0 fully saturated rings. The van der Waals surface area contributed by atoms with E-state index in [4.69, 9.17) is 0 Å².